The Morgan fingerprint density at radius 2 is 1.72 bits per heavy atom. The highest BCUT2D eigenvalue weighted by atomic mass is 35.5. The molecule has 0 N–H and O–H groups in total. The summed E-state index contributed by atoms with van der Waals surface area (Å²) in [5.74, 6) is 3.28. The van der Waals surface area contributed by atoms with Gasteiger partial charge in [0.2, 0.25) is 0 Å². The molecule has 3 aromatic heterocycles. The third kappa shape index (κ3) is 3.28. The maximum absolute atomic E-state index is 6.26. The van der Waals surface area contributed by atoms with Crippen LogP contribution >= 0.6 is 11.6 Å². The Morgan fingerprint density at radius 1 is 0.960 bits per heavy atom. The monoisotopic (exact) mass is 355 g/mol. The van der Waals surface area contributed by atoms with Crippen LogP contribution in [0.25, 0.3) is 5.82 Å². The van der Waals surface area contributed by atoms with Crippen molar-refractivity contribution in [3.8, 4) is 5.82 Å². The number of aromatic nitrogens is 5. The average Bonchev–Trinajstić information content (AvgIpc) is 3.17. The molecule has 8 heteroatoms. The van der Waals surface area contributed by atoms with Gasteiger partial charge in [0, 0.05) is 50.8 Å². The van der Waals surface area contributed by atoms with Gasteiger partial charge in [0.15, 0.2) is 5.82 Å². The van der Waals surface area contributed by atoms with Crippen LogP contribution in [0.5, 0.6) is 0 Å². The first-order valence-corrected chi connectivity index (χ1v) is 8.54. The normalized spacial score (nSPS) is 14.8. The maximum atomic E-state index is 6.26. The standard InChI is InChI=1S/C17H18ClN7/c1-13-21-15(12-16(22-13)25-7-3-6-20-25)23-8-10-24(11-9-23)17-14(18)4-2-5-19-17/h2-7,12H,8-11H2,1H3. The van der Waals surface area contributed by atoms with Gasteiger partial charge in [-0.3, -0.25) is 0 Å². The molecule has 4 heterocycles. The second-order valence-electron chi connectivity index (χ2n) is 5.87. The van der Waals surface area contributed by atoms with E-state index in [0.29, 0.717) is 5.02 Å². The van der Waals surface area contributed by atoms with Gasteiger partial charge in [0.25, 0.3) is 0 Å². The van der Waals surface area contributed by atoms with Gasteiger partial charge < -0.3 is 9.80 Å². The van der Waals surface area contributed by atoms with E-state index in [-0.39, 0.29) is 0 Å². The van der Waals surface area contributed by atoms with E-state index in [1.807, 2.05) is 37.4 Å². The largest absolute Gasteiger partial charge is 0.353 e. The molecule has 1 aliphatic heterocycles. The zero-order valence-corrected chi connectivity index (χ0v) is 14.6. The van der Waals surface area contributed by atoms with Gasteiger partial charge in [-0.15, -0.1) is 0 Å². The summed E-state index contributed by atoms with van der Waals surface area (Å²) in [4.78, 5) is 17.9. The predicted molar refractivity (Wildman–Crippen MR) is 97.6 cm³/mol. The molecule has 0 spiro atoms. The van der Waals surface area contributed by atoms with E-state index in [4.69, 9.17) is 11.6 Å². The molecule has 0 aliphatic carbocycles. The molecule has 0 bridgehead atoms. The highest BCUT2D eigenvalue weighted by Crippen LogP contribution is 2.24. The Balaban J connectivity index is 1.52. The number of hydrogen-bond acceptors (Lipinski definition) is 6. The van der Waals surface area contributed by atoms with Gasteiger partial charge in [-0.2, -0.15) is 5.10 Å². The number of anilines is 2. The van der Waals surface area contributed by atoms with Crippen LogP contribution in [-0.4, -0.2) is 50.9 Å². The number of rotatable bonds is 3. The number of nitrogens with zero attached hydrogens (tertiary/aromatic N) is 7. The molecular formula is C17H18ClN7. The fourth-order valence-corrected chi connectivity index (χ4v) is 3.22. The minimum absolute atomic E-state index is 0.690. The first kappa shape index (κ1) is 15.8. The summed E-state index contributed by atoms with van der Waals surface area (Å²) < 4.78 is 1.75. The number of piperazine rings is 1. The number of hydrogen-bond donors (Lipinski definition) is 0. The second kappa shape index (κ2) is 6.68. The molecule has 128 valence electrons. The Kier molecular flexibility index (Phi) is 4.23. The first-order chi connectivity index (χ1) is 12.2. The highest BCUT2D eigenvalue weighted by molar-refractivity contribution is 6.32. The van der Waals surface area contributed by atoms with Crippen LogP contribution in [0.3, 0.4) is 0 Å². The van der Waals surface area contributed by atoms with Crippen LogP contribution in [-0.2, 0) is 0 Å². The molecule has 0 saturated carbocycles. The zero-order valence-electron chi connectivity index (χ0n) is 13.9. The lowest BCUT2D eigenvalue weighted by atomic mass is 10.3. The van der Waals surface area contributed by atoms with E-state index in [9.17, 15) is 0 Å². The number of aryl methyl sites for hydroxylation is 1. The van der Waals surface area contributed by atoms with Gasteiger partial charge in [-0.1, -0.05) is 11.6 Å². The molecule has 25 heavy (non-hydrogen) atoms. The lowest BCUT2D eigenvalue weighted by Gasteiger charge is -2.36. The molecule has 0 unspecified atom stereocenters. The van der Waals surface area contributed by atoms with Crippen LogP contribution in [0.15, 0.2) is 42.9 Å². The molecule has 0 atom stereocenters. The summed E-state index contributed by atoms with van der Waals surface area (Å²) in [7, 11) is 0. The smallest absolute Gasteiger partial charge is 0.159 e. The van der Waals surface area contributed by atoms with Crippen molar-refractivity contribution in [2.75, 3.05) is 36.0 Å². The maximum Gasteiger partial charge on any atom is 0.159 e. The molecule has 0 radical (unpaired) electrons. The minimum atomic E-state index is 0.690. The van der Waals surface area contributed by atoms with Crippen LogP contribution in [0, 0.1) is 6.92 Å². The molecular weight excluding hydrogens is 338 g/mol. The van der Waals surface area contributed by atoms with Gasteiger partial charge in [-0.05, 0) is 25.1 Å². The van der Waals surface area contributed by atoms with Gasteiger partial charge >= 0.3 is 0 Å². The van der Waals surface area contributed by atoms with E-state index < -0.39 is 0 Å². The van der Waals surface area contributed by atoms with Crippen LogP contribution in [0.1, 0.15) is 5.82 Å². The quantitative estimate of drug-likeness (QED) is 0.718. The predicted octanol–water partition coefficient (Wildman–Crippen LogP) is 2.35. The van der Waals surface area contributed by atoms with Crippen molar-refractivity contribution < 1.29 is 0 Å². The molecule has 1 fully saturated rings. The summed E-state index contributed by atoms with van der Waals surface area (Å²) in [6.07, 6.45) is 5.40. The SMILES string of the molecule is Cc1nc(N2CCN(c3ncccc3Cl)CC2)cc(-n2cccn2)n1. The summed E-state index contributed by atoms with van der Waals surface area (Å²) in [5.41, 5.74) is 0. The average molecular weight is 356 g/mol. The van der Waals surface area contributed by atoms with Gasteiger partial charge in [0.05, 0.1) is 5.02 Å². The molecule has 1 aliphatic rings. The first-order valence-electron chi connectivity index (χ1n) is 8.17. The fourth-order valence-electron chi connectivity index (χ4n) is 2.98. The lowest BCUT2D eigenvalue weighted by Crippen LogP contribution is -2.47. The Bertz CT molecular complexity index is 857. The Hall–Kier alpha value is -2.67. The van der Waals surface area contributed by atoms with Crippen molar-refractivity contribution in [2.45, 2.75) is 6.92 Å². The molecule has 3 aromatic rings. The zero-order chi connectivity index (χ0) is 17.2. The van der Waals surface area contributed by atoms with E-state index in [2.05, 4.69) is 29.9 Å². The Morgan fingerprint density at radius 3 is 2.44 bits per heavy atom. The molecule has 7 nitrogen and oxygen atoms in total. The summed E-state index contributed by atoms with van der Waals surface area (Å²) >= 11 is 6.26. The van der Waals surface area contributed by atoms with Crippen molar-refractivity contribution >= 4 is 23.2 Å². The minimum Gasteiger partial charge on any atom is -0.353 e. The van der Waals surface area contributed by atoms with Gasteiger partial charge in [0.1, 0.15) is 17.5 Å². The van der Waals surface area contributed by atoms with E-state index in [0.717, 1.165) is 49.5 Å². The second-order valence-corrected chi connectivity index (χ2v) is 6.27. The van der Waals surface area contributed by atoms with Crippen LogP contribution in [0.4, 0.5) is 11.6 Å². The Labute approximate surface area is 150 Å². The third-order valence-corrected chi connectivity index (χ3v) is 4.49. The molecule has 1 saturated heterocycles. The molecule has 0 amide bonds. The molecule has 4 rings (SSSR count). The summed E-state index contributed by atoms with van der Waals surface area (Å²) in [5, 5.41) is 4.94. The van der Waals surface area contributed by atoms with Crippen molar-refractivity contribution in [3.05, 3.63) is 53.7 Å². The molecule has 0 aromatic carbocycles. The van der Waals surface area contributed by atoms with E-state index >= 15 is 0 Å². The van der Waals surface area contributed by atoms with E-state index in [1.54, 1.807) is 17.1 Å². The van der Waals surface area contributed by atoms with Crippen molar-refractivity contribution in [1.29, 1.82) is 0 Å². The van der Waals surface area contributed by atoms with Crippen molar-refractivity contribution in [3.63, 3.8) is 0 Å². The number of pyridine rings is 1. The highest BCUT2D eigenvalue weighted by Gasteiger charge is 2.21. The third-order valence-electron chi connectivity index (χ3n) is 4.19. The summed E-state index contributed by atoms with van der Waals surface area (Å²) in [6, 6.07) is 7.58. The fraction of sp³-hybridized carbons (Fsp3) is 0.294. The van der Waals surface area contributed by atoms with Crippen LogP contribution < -0.4 is 9.80 Å². The number of halogens is 1. The topological polar surface area (TPSA) is 63.0 Å². The van der Waals surface area contributed by atoms with Crippen molar-refractivity contribution in [1.82, 2.24) is 24.7 Å². The van der Waals surface area contributed by atoms with Crippen LogP contribution in [0.2, 0.25) is 5.02 Å². The summed E-state index contributed by atoms with van der Waals surface area (Å²) in [6.45, 7) is 5.29. The van der Waals surface area contributed by atoms with E-state index in [1.165, 1.54) is 0 Å². The van der Waals surface area contributed by atoms with Gasteiger partial charge in [-0.25, -0.2) is 19.6 Å². The van der Waals surface area contributed by atoms with Crippen molar-refractivity contribution in [2.24, 2.45) is 0 Å². The lowest BCUT2D eigenvalue weighted by molar-refractivity contribution is 0.639.